The molecule has 0 bridgehead atoms. The van der Waals surface area contributed by atoms with Crippen LogP contribution in [0, 0.1) is 0 Å². The molecule has 1 aromatic rings. The molecule has 1 amide bonds. The molecule has 54 valence electrons. The predicted molar refractivity (Wildman–Crippen MR) is 40.9 cm³/mol. The van der Waals surface area contributed by atoms with E-state index in [9.17, 15) is 4.79 Å². The maximum absolute atomic E-state index is 10.9. The minimum atomic E-state index is -0.0411. The fourth-order valence-corrected chi connectivity index (χ4v) is 0.734. The summed E-state index contributed by atoms with van der Waals surface area (Å²) in [7, 11) is 1.62. The minimum absolute atomic E-state index is 0. The van der Waals surface area contributed by atoms with Gasteiger partial charge in [0.1, 0.15) is 0 Å². The molecule has 3 heteroatoms. The van der Waals surface area contributed by atoms with E-state index >= 15 is 0 Å². The summed E-state index contributed by atoms with van der Waals surface area (Å²) in [4.78, 5) is 10.9. The predicted octanol–water partition coefficient (Wildman–Crippen LogP) is -1.84. The van der Waals surface area contributed by atoms with Crippen LogP contribution < -0.4 is 24.2 Å². The summed E-state index contributed by atoms with van der Waals surface area (Å²) in [6.45, 7) is 0. The van der Waals surface area contributed by atoms with Crippen molar-refractivity contribution in [3.05, 3.63) is 35.9 Å². The van der Waals surface area contributed by atoms with Crippen LogP contribution in [0.4, 0.5) is 0 Å². The maximum Gasteiger partial charge on any atom is 1.00 e. The average molecular weight is 143 g/mol. The number of hydrogen-bond donors (Lipinski definition) is 1. The Balaban J connectivity index is 0. The molecule has 0 aliphatic carbocycles. The van der Waals surface area contributed by atoms with Crippen LogP contribution in [0.2, 0.25) is 0 Å². The van der Waals surface area contributed by atoms with Crippen LogP contribution in [0.15, 0.2) is 30.3 Å². The van der Waals surface area contributed by atoms with Crippen LogP contribution in [0.25, 0.3) is 0 Å². The monoisotopic (exact) mass is 143 g/mol. The fraction of sp³-hybridized carbons (Fsp3) is 0.125. The van der Waals surface area contributed by atoms with E-state index in [4.69, 9.17) is 0 Å². The van der Waals surface area contributed by atoms with E-state index in [1.165, 1.54) is 0 Å². The van der Waals surface area contributed by atoms with Crippen LogP contribution in [-0.4, -0.2) is 13.0 Å². The summed E-state index contributed by atoms with van der Waals surface area (Å²) >= 11 is 0. The van der Waals surface area contributed by atoms with Crippen LogP contribution in [0.1, 0.15) is 11.8 Å². The van der Waals surface area contributed by atoms with E-state index in [1.807, 2.05) is 18.2 Å². The van der Waals surface area contributed by atoms with E-state index in [1.54, 1.807) is 19.2 Å². The molecule has 0 fully saturated rings. The summed E-state index contributed by atoms with van der Waals surface area (Å²) in [6.07, 6.45) is 0. The first-order chi connectivity index (χ1) is 4.84. The number of hydrogen-bond acceptors (Lipinski definition) is 1. The van der Waals surface area contributed by atoms with Gasteiger partial charge in [0, 0.05) is 12.6 Å². The summed E-state index contributed by atoms with van der Waals surface area (Å²) in [5, 5.41) is 2.54. The van der Waals surface area contributed by atoms with Crippen molar-refractivity contribution in [2.75, 3.05) is 7.05 Å². The molecule has 0 atom stereocenters. The van der Waals surface area contributed by atoms with Gasteiger partial charge in [0.25, 0.3) is 5.91 Å². The molecule has 0 saturated carbocycles. The van der Waals surface area contributed by atoms with Crippen molar-refractivity contribution < 1.29 is 25.1 Å². The van der Waals surface area contributed by atoms with Crippen LogP contribution in [0.5, 0.6) is 0 Å². The molecule has 1 rings (SSSR count). The first-order valence-corrected chi connectivity index (χ1v) is 3.11. The normalized spacial score (nSPS) is 8.09. The van der Waals surface area contributed by atoms with Gasteiger partial charge >= 0.3 is 18.9 Å². The number of benzene rings is 1. The minimum Gasteiger partial charge on any atom is -1.00 e. The quantitative estimate of drug-likeness (QED) is 0.460. The van der Waals surface area contributed by atoms with Crippen molar-refractivity contribution in [2.45, 2.75) is 0 Å². The molecule has 1 aromatic carbocycles. The molecular formula is C8H10LiNO. The van der Waals surface area contributed by atoms with Gasteiger partial charge in [0.05, 0.1) is 0 Å². The Labute approximate surface area is 79.7 Å². The van der Waals surface area contributed by atoms with Gasteiger partial charge in [0.2, 0.25) is 0 Å². The first-order valence-electron chi connectivity index (χ1n) is 3.11. The molecular weight excluding hydrogens is 133 g/mol. The summed E-state index contributed by atoms with van der Waals surface area (Å²) in [5.41, 5.74) is 0.699. The Bertz CT molecular complexity index is 228. The topological polar surface area (TPSA) is 29.1 Å². The number of nitrogens with one attached hydrogen (secondary N) is 1. The molecule has 0 aliphatic heterocycles. The van der Waals surface area contributed by atoms with E-state index in [0.29, 0.717) is 5.56 Å². The van der Waals surface area contributed by atoms with Crippen molar-refractivity contribution in [2.24, 2.45) is 0 Å². The Morgan fingerprint density at radius 1 is 1.36 bits per heavy atom. The molecule has 1 N–H and O–H groups in total. The number of carbonyl (C=O) groups excluding carboxylic acids is 1. The van der Waals surface area contributed by atoms with Crippen molar-refractivity contribution in [1.82, 2.24) is 5.32 Å². The Kier molecular flexibility index (Phi) is 4.68. The molecule has 0 aromatic heterocycles. The molecule has 0 saturated heterocycles. The maximum atomic E-state index is 10.9. The van der Waals surface area contributed by atoms with Gasteiger partial charge in [0.15, 0.2) is 0 Å². The Hall–Kier alpha value is -0.713. The third-order valence-corrected chi connectivity index (χ3v) is 1.26. The SMILES string of the molecule is CNC(=O)c1ccccc1.[H-].[Li+]. The largest absolute Gasteiger partial charge is 1.00 e. The van der Waals surface area contributed by atoms with Crippen LogP contribution in [0.3, 0.4) is 0 Å². The molecule has 11 heavy (non-hydrogen) atoms. The van der Waals surface area contributed by atoms with Gasteiger partial charge in [-0.2, -0.15) is 0 Å². The molecule has 0 heterocycles. The first kappa shape index (κ1) is 10.3. The summed E-state index contributed by atoms with van der Waals surface area (Å²) < 4.78 is 0. The zero-order valence-corrected chi connectivity index (χ0v) is 6.79. The molecule has 0 aliphatic rings. The second-order valence-electron chi connectivity index (χ2n) is 1.95. The van der Waals surface area contributed by atoms with Crippen molar-refractivity contribution in [1.29, 1.82) is 0 Å². The number of rotatable bonds is 1. The average Bonchev–Trinajstić information content (AvgIpc) is 2.05. The van der Waals surface area contributed by atoms with Crippen molar-refractivity contribution in [3.63, 3.8) is 0 Å². The fourth-order valence-electron chi connectivity index (χ4n) is 0.734. The van der Waals surface area contributed by atoms with Crippen molar-refractivity contribution >= 4 is 5.91 Å². The Morgan fingerprint density at radius 2 is 1.91 bits per heavy atom. The van der Waals surface area contributed by atoms with Gasteiger partial charge in [-0.05, 0) is 12.1 Å². The molecule has 0 unspecified atom stereocenters. The zero-order chi connectivity index (χ0) is 7.40. The van der Waals surface area contributed by atoms with E-state index < -0.39 is 0 Å². The van der Waals surface area contributed by atoms with Gasteiger partial charge in [-0.3, -0.25) is 4.79 Å². The smallest absolute Gasteiger partial charge is 1.00 e. The third-order valence-electron chi connectivity index (χ3n) is 1.26. The Morgan fingerprint density at radius 3 is 2.36 bits per heavy atom. The second-order valence-corrected chi connectivity index (χ2v) is 1.95. The van der Waals surface area contributed by atoms with E-state index in [0.717, 1.165) is 0 Å². The second kappa shape index (κ2) is 5.01. The summed E-state index contributed by atoms with van der Waals surface area (Å²) in [6, 6.07) is 9.11. The standard InChI is InChI=1S/C8H9NO.Li.H/c1-9-8(10)7-5-3-2-4-6-7;;/h2-6H,1H3,(H,9,10);;/q;+1;-1. The zero-order valence-electron chi connectivity index (χ0n) is 7.79. The van der Waals surface area contributed by atoms with E-state index in [-0.39, 0.29) is 26.2 Å². The van der Waals surface area contributed by atoms with Gasteiger partial charge in [-0.25, -0.2) is 0 Å². The third kappa shape index (κ3) is 2.79. The molecule has 2 nitrogen and oxygen atoms in total. The molecule has 0 radical (unpaired) electrons. The van der Waals surface area contributed by atoms with E-state index in [2.05, 4.69) is 5.32 Å². The van der Waals surface area contributed by atoms with Gasteiger partial charge < -0.3 is 6.74 Å². The van der Waals surface area contributed by atoms with Crippen molar-refractivity contribution in [3.8, 4) is 0 Å². The van der Waals surface area contributed by atoms with Gasteiger partial charge in [-0.15, -0.1) is 0 Å². The number of carbonyl (C=O) groups is 1. The summed E-state index contributed by atoms with van der Waals surface area (Å²) in [5.74, 6) is -0.0411. The van der Waals surface area contributed by atoms with Crippen LogP contribution in [-0.2, 0) is 0 Å². The number of amides is 1. The van der Waals surface area contributed by atoms with Crippen LogP contribution >= 0.6 is 0 Å². The molecule has 0 spiro atoms. The van der Waals surface area contributed by atoms with Gasteiger partial charge in [-0.1, -0.05) is 18.2 Å².